The van der Waals surface area contributed by atoms with Crippen molar-refractivity contribution in [2.24, 2.45) is 0 Å². The van der Waals surface area contributed by atoms with E-state index >= 15 is 0 Å². The number of nitrogens with zero attached hydrogens (tertiary/aromatic N) is 3. The molecule has 5 nitrogen and oxygen atoms in total. The van der Waals surface area contributed by atoms with E-state index in [1.165, 1.54) is 6.33 Å². The first-order valence-electron chi connectivity index (χ1n) is 5.19. The molecule has 1 heterocycles. The first kappa shape index (κ1) is 14.0. The summed E-state index contributed by atoms with van der Waals surface area (Å²) in [5.74, 6) is -0.155. The standard InChI is InChI=1S/C10H13Cl2N3O2/c1-3-14(4-2)7(16)5-15-6-13-9(12)8(11)10(15)17/h6H,3-5H2,1-2H3. The third-order valence-corrected chi connectivity index (χ3v) is 3.09. The van der Waals surface area contributed by atoms with Crippen LogP contribution in [0, 0.1) is 0 Å². The van der Waals surface area contributed by atoms with Crippen molar-refractivity contribution in [3.63, 3.8) is 0 Å². The average Bonchev–Trinajstić information content (AvgIpc) is 2.31. The van der Waals surface area contributed by atoms with E-state index in [4.69, 9.17) is 23.2 Å². The minimum Gasteiger partial charge on any atom is -0.342 e. The molecule has 1 aromatic heterocycles. The van der Waals surface area contributed by atoms with Crippen molar-refractivity contribution in [1.29, 1.82) is 0 Å². The minimum atomic E-state index is -0.507. The summed E-state index contributed by atoms with van der Waals surface area (Å²) in [6.45, 7) is 4.86. The van der Waals surface area contributed by atoms with E-state index in [0.717, 1.165) is 4.57 Å². The molecule has 0 aliphatic rings. The van der Waals surface area contributed by atoms with E-state index < -0.39 is 5.56 Å². The van der Waals surface area contributed by atoms with Gasteiger partial charge in [-0.2, -0.15) is 0 Å². The summed E-state index contributed by atoms with van der Waals surface area (Å²) in [6, 6.07) is 0. The van der Waals surface area contributed by atoms with E-state index in [1.54, 1.807) is 4.90 Å². The Morgan fingerprint density at radius 2 is 2.00 bits per heavy atom. The Bertz CT molecular complexity index is 469. The van der Waals surface area contributed by atoms with Gasteiger partial charge in [-0.1, -0.05) is 23.2 Å². The number of hydrogen-bond acceptors (Lipinski definition) is 3. The molecular weight excluding hydrogens is 265 g/mol. The highest BCUT2D eigenvalue weighted by atomic mass is 35.5. The summed E-state index contributed by atoms with van der Waals surface area (Å²) >= 11 is 11.2. The molecule has 0 unspecified atom stereocenters. The Labute approximate surface area is 109 Å². The van der Waals surface area contributed by atoms with Gasteiger partial charge in [0.2, 0.25) is 5.91 Å². The zero-order valence-corrected chi connectivity index (χ0v) is 11.1. The highest BCUT2D eigenvalue weighted by Gasteiger charge is 2.13. The third-order valence-electron chi connectivity index (χ3n) is 2.36. The monoisotopic (exact) mass is 277 g/mol. The molecule has 0 radical (unpaired) electrons. The Morgan fingerprint density at radius 1 is 1.41 bits per heavy atom. The molecule has 1 rings (SSSR count). The van der Waals surface area contributed by atoms with Gasteiger partial charge in [0, 0.05) is 13.1 Å². The number of hydrogen-bond donors (Lipinski definition) is 0. The summed E-state index contributed by atoms with van der Waals surface area (Å²) in [5, 5.41) is -0.218. The summed E-state index contributed by atoms with van der Waals surface area (Å²) in [4.78, 5) is 28.8. The van der Waals surface area contributed by atoms with E-state index in [2.05, 4.69) is 4.98 Å². The van der Waals surface area contributed by atoms with Crippen LogP contribution in [-0.2, 0) is 11.3 Å². The van der Waals surface area contributed by atoms with Crippen LogP contribution in [0.1, 0.15) is 13.8 Å². The maximum Gasteiger partial charge on any atom is 0.274 e. The number of rotatable bonds is 4. The van der Waals surface area contributed by atoms with Crippen LogP contribution in [0.25, 0.3) is 0 Å². The number of likely N-dealkylation sites (N-methyl/N-ethyl adjacent to an activating group) is 1. The predicted octanol–water partition coefficient (Wildman–Crippen LogP) is 1.42. The van der Waals surface area contributed by atoms with Gasteiger partial charge < -0.3 is 4.90 Å². The lowest BCUT2D eigenvalue weighted by molar-refractivity contribution is -0.131. The molecular formula is C10H13Cl2N3O2. The quantitative estimate of drug-likeness (QED) is 0.783. The number of carbonyl (C=O) groups excluding carboxylic acids is 1. The average molecular weight is 278 g/mol. The Balaban J connectivity index is 2.93. The second-order valence-corrected chi connectivity index (χ2v) is 4.08. The molecule has 0 aliphatic carbocycles. The zero-order valence-electron chi connectivity index (χ0n) is 9.61. The SMILES string of the molecule is CCN(CC)C(=O)Cn1cnc(Cl)c(Cl)c1=O. The summed E-state index contributed by atoms with van der Waals surface area (Å²) in [6.07, 6.45) is 1.22. The number of halogens is 2. The van der Waals surface area contributed by atoms with Crippen LogP contribution in [0.5, 0.6) is 0 Å². The van der Waals surface area contributed by atoms with Gasteiger partial charge in [-0.15, -0.1) is 0 Å². The molecule has 0 spiro atoms. The highest BCUT2D eigenvalue weighted by molar-refractivity contribution is 6.40. The van der Waals surface area contributed by atoms with E-state index in [-0.39, 0.29) is 22.6 Å². The molecule has 0 aliphatic heterocycles. The van der Waals surface area contributed by atoms with Gasteiger partial charge in [-0.05, 0) is 13.8 Å². The fourth-order valence-corrected chi connectivity index (χ4v) is 1.66. The van der Waals surface area contributed by atoms with Crippen molar-refractivity contribution in [2.75, 3.05) is 13.1 Å². The van der Waals surface area contributed by atoms with Crippen LogP contribution in [0.3, 0.4) is 0 Å². The van der Waals surface area contributed by atoms with Crippen LogP contribution in [0.15, 0.2) is 11.1 Å². The molecule has 0 atom stereocenters. The molecule has 0 bridgehead atoms. The molecule has 0 N–H and O–H groups in total. The van der Waals surface area contributed by atoms with Crippen molar-refractivity contribution >= 4 is 29.1 Å². The van der Waals surface area contributed by atoms with Crippen LogP contribution < -0.4 is 5.56 Å². The number of carbonyl (C=O) groups is 1. The van der Waals surface area contributed by atoms with Gasteiger partial charge in [-0.3, -0.25) is 14.2 Å². The van der Waals surface area contributed by atoms with Crippen LogP contribution in [0.4, 0.5) is 0 Å². The zero-order chi connectivity index (χ0) is 13.0. The Morgan fingerprint density at radius 3 is 2.53 bits per heavy atom. The third kappa shape index (κ3) is 3.20. The van der Waals surface area contributed by atoms with E-state index in [9.17, 15) is 9.59 Å². The first-order chi connectivity index (χ1) is 8.01. The van der Waals surface area contributed by atoms with E-state index in [0.29, 0.717) is 13.1 Å². The van der Waals surface area contributed by atoms with Gasteiger partial charge in [0.1, 0.15) is 11.6 Å². The van der Waals surface area contributed by atoms with Crippen molar-refractivity contribution < 1.29 is 4.79 Å². The second-order valence-electron chi connectivity index (χ2n) is 3.35. The molecule has 0 saturated heterocycles. The van der Waals surface area contributed by atoms with Crippen molar-refractivity contribution in [2.45, 2.75) is 20.4 Å². The lowest BCUT2D eigenvalue weighted by Crippen LogP contribution is -2.36. The fourth-order valence-electron chi connectivity index (χ4n) is 1.38. The molecule has 7 heteroatoms. The number of amides is 1. The van der Waals surface area contributed by atoms with Gasteiger partial charge in [0.05, 0.1) is 6.33 Å². The molecule has 0 saturated carbocycles. The van der Waals surface area contributed by atoms with Crippen LogP contribution in [-0.4, -0.2) is 33.4 Å². The topological polar surface area (TPSA) is 55.2 Å². The Hall–Kier alpha value is -1.07. The largest absolute Gasteiger partial charge is 0.342 e. The Kier molecular flexibility index (Phi) is 4.96. The molecule has 17 heavy (non-hydrogen) atoms. The maximum atomic E-state index is 11.8. The number of aromatic nitrogens is 2. The van der Waals surface area contributed by atoms with Crippen molar-refractivity contribution in [1.82, 2.24) is 14.5 Å². The minimum absolute atomic E-state index is 0.0526. The molecule has 0 fully saturated rings. The first-order valence-corrected chi connectivity index (χ1v) is 5.95. The van der Waals surface area contributed by atoms with Gasteiger partial charge in [-0.25, -0.2) is 4.98 Å². The normalized spacial score (nSPS) is 10.4. The second kappa shape index (κ2) is 6.02. The van der Waals surface area contributed by atoms with Crippen molar-refractivity contribution in [3.8, 4) is 0 Å². The lowest BCUT2D eigenvalue weighted by Gasteiger charge is -2.18. The maximum absolute atomic E-state index is 11.8. The lowest BCUT2D eigenvalue weighted by atomic mass is 10.4. The summed E-state index contributed by atoms with van der Waals surface area (Å²) in [5.41, 5.74) is -0.507. The van der Waals surface area contributed by atoms with Gasteiger partial charge in [0.25, 0.3) is 5.56 Å². The van der Waals surface area contributed by atoms with Gasteiger partial charge >= 0.3 is 0 Å². The molecule has 0 aromatic carbocycles. The summed E-state index contributed by atoms with van der Waals surface area (Å²) < 4.78 is 1.15. The summed E-state index contributed by atoms with van der Waals surface area (Å²) in [7, 11) is 0. The highest BCUT2D eigenvalue weighted by Crippen LogP contribution is 2.12. The van der Waals surface area contributed by atoms with E-state index in [1.807, 2.05) is 13.8 Å². The van der Waals surface area contributed by atoms with Crippen molar-refractivity contribution in [3.05, 3.63) is 26.9 Å². The van der Waals surface area contributed by atoms with Gasteiger partial charge in [0.15, 0.2) is 5.15 Å². The molecule has 1 aromatic rings. The predicted molar refractivity (Wildman–Crippen MR) is 66.4 cm³/mol. The molecule has 94 valence electrons. The van der Waals surface area contributed by atoms with Crippen LogP contribution in [0.2, 0.25) is 10.2 Å². The smallest absolute Gasteiger partial charge is 0.274 e. The van der Waals surface area contributed by atoms with Crippen LogP contribution >= 0.6 is 23.2 Å². The molecule has 1 amide bonds. The fraction of sp³-hybridized carbons (Fsp3) is 0.500.